The van der Waals surface area contributed by atoms with Crippen LogP contribution < -0.4 is 10.2 Å². The minimum Gasteiger partial charge on any atom is -0.392 e. The van der Waals surface area contributed by atoms with Crippen LogP contribution in [0.15, 0.2) is 54.6 Å². The van der Waals surface area contributed by atoms with Gasteiger partial charge < -0.3 is 15.3 Å². The van der Waals surface area contributed by atoms with E-state index in [1.54, 1.807) is 0 Å². The van der Waals surface area contributed by atoms with Crippen molar-refractivity contribution >= 4 is 11.4 Å². The minimum absolute atomic E-state index is 0.0624. The van der Waals surface area contributed by atoms with E-state index in [9.17, 15) is 5.11 Å². The van der Waals surface area contributed by atoms with Crippen molar-refractivity contribution in [3.63, 3.8) is 0 Å². The molecule has 3 nitrogen and oxygen atoms in total. The molecule has 1 aliphatic rings. The topological polar surface area (TPSA) is 35.5 Å². The van der Waals surface area contributed by atoms with Crippen LogP contribution in [0.2, 0.25) is 0 Å². The molecule has 0 spiro atoms. The van der Waals surface area contributed by atoms with E-state index in [-0.39, 0.29) is 18.8 Å². The van der Waals surface area contributed by atoms with Gasteiger partial charge in [0.25, 0.3) is 0 Å². The van der Waals surface area contributed by atoms with Gasteiger partial charge in [-0.05, 0) is 24.6 Å². The van der Waals surface area contributed by atoms with Gasteiger partial charge >= 0.3 is 0 Å². The molecule has 1 aliphatic heterocycles. The molecule has 98 valence electrons. The Hall–Kier alpha value is -2.00. The van der Waals surface area contributed by atoms with Crippen LogP contribution in [0.1, 0.15) is 18.5 Å². The Balaban J connectivity index is 1.98. The molecule has 1 heterocycles. The third-order valence-electron chi connectivity index (χ3n) is 3.71. The number of nitrogens with one attached hydrogen (secondary N) is 1. The number of nitrogens with zero attached hydrogens (tertiary/aromatic N) is 1. The summed E-state index contributed by atoms with van der Waals surface area (Å²) in [6.45, 7) is 2.26. The lowest BCUT2D eigenvalue weighted by Crippen LogP contribution is -2.40. The van der Waals surface area contributed by atoms with Crippen LogP contribution in [-0.4, -0.2) is 17.9 Å². The van der Waals surface area contributed by atoms with E-state index in [1.165, 1.54) is 5.56 Å². The molecule has 2 atom stereocenters. The highest BCUT2D eigenvalue weighted by atomic mass is 16.3. The van der Waals surface area contributed by atoms with E-state index >= 15 is 0 Å². The molecule has 2 N–H and O–H groups in total. The Morgan fingerprint density at radius 3 is 2.53 bits per heavy atom. The van der Waals surface area contributed by atoms with E-state index in [0.717, 1.165) is 11.4 Å². The molecule has 2 unspecified atom stereocenters. The predicted molar refractivity (Wildman–Crippen MR) is 78.3 cm³/mol. The maximum Gasteiger partial charge on any atom is 0.123 e. The fourth-order valence-corrected chi connectivity index (χ4v) is 2.74. The number of benzene rings is 2. The van der Waals surface area contributed by atoms with Crippen LogP contribution in [-0.2, 0) is 0 Å². The van der Waals surface area contributed by atoms with E-state index in [1.807, 2.05) is 18.2 Å². The number of hydrogen-bond donors (Lipinski definition) is 2. The Morgan fingerprint density at radius 2 is 1.79 bits per heavy atom. The highest BCUT2D eigenvalue weighted by Crippen LogP contribution is 2.39. The fraction of sp³-hybridized carbons (Fsp3) is 0.250. The molecule has 3 rings (SSSR count). The van der Waals surface area contributed by atoms with Gasteiger partial charge in [0, 0.05) is 0 Å². The van der Waals surface area contributed by atoms with Crippen LogP contribution in [0.3, 0.4) is 0 Å². The molecule has 2 aromatic rings. The van der Waals surface area contributed by atoms with Crippen molar-refractivity contribution in [3.8, 4) is 0 Å². The van der Waals surface area contributed by atoms with Gasteiger partial charge in [-0.3, -0.25) is 0 Å². The van der Waals surface area contributed by atoms with Gasteiger partial charge in [0.15, 0.2) is 0 Å². The maximum atomic E-state index is 9.60. The highest BCUT2D eigenvalue weighted by Gasteiger charge is 2.31. The Morgan fingerprint density at radius 1 is 1.11 bits per heavy atom. The molecule has 2 aromatic carbocycles. The van der Waals surface area contributed by atoms with Crippen LogP contribution in [0.25, 0.3) is 0 Å². The van der Waals surface area contributed by atoms with Gasteiger partial charge in [-0.1, -0.05) is 42.5 Å². The maximum absolute atomic E-state index is 9.60. The zero-order valence-electron chi connectivity index (χ0n) is 11.0. The summed E-state index contributed by atoms with van der Waals surface area (Å²) in [6.07, 6.45) is -0.0624. The number of aliphatic hydroxyl groups excluding tert-OH is 1. The third-order valence-corrected chi connectivity index (χ3v) is 3.71. The monoisotopic (exact) mass is 254 g/mol. The van der Waals surface area contributed by atoms with Gasteiger partial charge in [-0.25, -0.2) is 0 Å². The fourth-order valence-electron chi connectivity index (χ4n) is 2.74. The van der Waals surface area contributed by atoms with Gasteiger partial charge in [0.2, 0.25) is 0 Å². The molecule has 0 radical (unpaired) electrons. The van der Waals surface area contributed by atoms with E-state index in [4.69, 9.17) is 0 Å². The van der Waals surface area contributed by atoms with Crippen LogP contribution >= 0.6 is 0 Å². The van der Waals surface area contributed by atoms with Crippen LogP contribution in [0.4, 0.5) is 11.4 Å². The number of aliphatic hydroxyl groups is 1. The smallest absolute Gasteiger partial charge is 0.123 e. The summed E-state index contributed by atoms with van der Waals surface area (Å²) in [5, 5.41) is 13.0. The lowest BCUT2D eigenvalue weighted by atomic mass is 10.1. The van der Waals surface area contributed by atoms with Crippen molar-refractivity contribution in [3.05, 3.63) is 60.2 Å². The zero-order valence-corrected chi connectivity index (χ0v) is 11.0. The number of anilines is 2. The summed E-state index contributed by atoms with van der Waals surface area (Å²) in [7, 11) is 0. The SMILES string of the molecule is CC(c1ccccc1)N1c2ccccc2NC1CO. The molecular formula is C16H18N2O. The Kier molecular flexibility index (Phi) is 3.13. The first-order chi connectivity index (χ1) is 9.31. The molecular weight excluding hydrogens is 236 g/mol. The normalized spacial score (nSPS) is 18.8. The Labute approximate surface area is 113 Å². The molecule has 3 heteroatoms. The average molecular weight is 254 g/mol. The number of fused-ring (bicyclic) bond motifs is 1. The first kappa shape index (κ1) is 12.1. The summed E-state index contributed by atoms with van der Waals surface area (Å²) in [4.78, 5) is 2.24. The second kappa shape index (κ2) is 4.94. The molecule has 0 amide bonds. The largest absolute Gasteiger partial charge is 0.392 e. The number of para-hydroxylation sites is 2. The standard InChI is InChI=1S/C16H18N2O/c1-12(13-7-3-2-4-8-13)18-15-10-6-5-9-14(15)17-16(18)11-19/h2-10,12,16-17,19H,11H2,1H3. The van der Waals surface area contributed by atoms with Crippen molar-refractivity contribution < 1.29 is 5.11 Å². The zero-order chi connectivity index (χ0) is 13.2. The molecule has 0 fully saturated rings. The molecule has 19 heavy (non-hydrogen) atoms. The number of rotatable bonds is 3. The van der Waals surface area contributed by atoms with Gasteiger partial charge in [-0.2, -0.15) is 0 Å². The lowest BCUT2D eigenvalue weighted by molar-refractivity contribution is 0.268. The second-order valence-electron chi connectivity index (χ2n) is 4.85. The first-order valence-corrected chi connectivity index (χ1v) is 6.61. The van der Waals surface area contributed by atoms with E-state index in [2.05, 4.69) is 53.5 Å². The quantitative estimate of drug-likeness (QED) is 0.884. The highest BCUT2D eigenvalue weighted by molar-refractivity contribution is 5.76. The molecule has 0 aromatic heterocycles. The lowest BCUT2D eigenvalue weighted by Gasteiger charge is -2.32. The van der Waals surface area contributed by atoms with E-state index < -0.39 is 0 Å². The van der Waals surface area contributed by atoms with Crippen molar-refractivity contribution in [2.24, 2.45) is 0 Å². The van der Waals surface area contributed by atoms with Gasteiger partial charge in [-0.15, -0.1) is 0 Å². The molecule has 0 bridgehead atoms. The Bertz CT molecular complexity index is 556. The summed E-state index contributed by atoms with van der Waals surface area (Å²) >= 11 is 0. The first-order valence-electron chi connectivity index (χ1n) is 6.61. The third kappa shape index (κ3) is 2.06. The van der Waals surface area contributed by atoms with Crippen molar-refractivity contribution in [1.82, 2.24) is 0 Å². The van der Waals surface area contributed by atoms with Gasteiger partial charge in [0.1, 0.15) is 6.17 Å². The molecule has 0 saturated heterocycles. The molecule has 0 saturated carbocycles. The second-order valence-corrected chi connectivity index (χ2v) is 4.85. The molecule has 0 aliphatic carbocycles. The van der Waals surface area contributed by atoms with Gasteiger partial charge in [0.05, 0.1) is 24.0 Å². The predicted octanol–water partition coefficient (Wildman–Crippen LogP) is 3.00. The van der Waals surface area contributed by atoms with Crippen molar-refractivity contribution in [2.75, 3.05) is 16.8 Å². The van der Waals surface area contributed by atoms with Crippen LogP contribution in [0, 0.1) is 0 Å². The summed E-state index contributed by atoms with van der Waals surface area (Å²) < 4.78 is 0. The number of hydrogen-bond acceptors (Lipinski definition) is 3. The van der Waals surface area contributed by atoms with E-state index in [0.29, 0.717) is 0 Å². The van der Waals surface area contributed by atoms with Crippen molar-refractivity contribution in [1.29, 1.82) is 0 Å². The average Bonchev–Trinajstić information content (AvgIpc) is 2.86. The minimum atomic E-state index is -0.0624. The summed E-state index contributed by atoms with van der Waals surface area (Å²) in [5.74, 6) is 0. The van der Waals surface area contributed by atoms with Crippen LogP contribution in [0.5, 0.6) is 0 Å². The summed E-state index contributed by atoms with van der Waals surface area (Å²) in [5.41, 5.74) is 3.49. The van der Waals surface area contributed by atoms with Crippen molar-refractivity contribution in [2.45, 2.75) is 19.1 Å². The summed E-state index contributed by atoms with van der Waals surface area (Å²) in [6, 6.07) is 18.8.